The minimum absolute atomic E-state index is 0.0709. The maximum Gasteiger partial charge on any atom is 0.338 e. The molecule has 2 atom stereocenters. The van der Waals surface area contributed by atoms with Crippen LogP contribution in [0.15, 0.2) is 66.7 Å². The summed E-state index contributed by atoms with van der Waals surface area (Å²) in [6, 6.07) is 19.1. The molecule has 3 aromatic carbocycles. The molecule has 6 heteroatoms. The first-order valence-electron chi connectivity index (χ1n) is 8.78. The van der Waals surface area contributed by atoms with Gasteiger partial charge in [-0.1, -0.05) is 48.5 Å². The largest absolute Gasteiger partial charge is 0.504 e. The highest BCUT2D eigenvalue weighted by Crippen LogP contribution is 2.38. The first kappa shape index (κ1) is 17.7. The standard InChI is InChI=1S/C22H18O6/c23-16-10-15(11-17(24)20(16)25)22(26)28-19-12-14-8-4-5-9-18(14)27-21(19)13-6-2-1-3-7-13/h1-11,19,21,23-25H,12H2/t19-,21-/m1/s1. The first-order valence-corrected chi connectivity index (χ1v) is 8.78. The SMILES string of the molecule is O=C(O[C@@H]1Cc2ccccc2O[C@@H]1c1ccccc1)c1cc(O)c(O)c(O)c1. The Balaban J connectivity index is 1.65. The molecule has 0 fully saturated rings. The van der Waals surface area contributed by atoms with Crippen LogP contribution < -0.4 is 4.74 Å². The fourth-order valence-corrected chi connectivity index (χ4v) is 3.28. The summed E-state index contributed by atoms with van der Waals surface area (Å²) in [6.07, 6.45) is -0.653. The highest BCUT2D eigenvalue weighted by Gasteiger charge is 2.34. The van der Waals surface area contributed by atoms with Crippen LogP contribution in [0.3, 0.4) is 0 Å². The van der Waals surface area contributed by atoms with Crippen LogP contribution in [0.25, 0.3) is 0 Å². The van der Waals surface area contributed by atoms with Gasteiger partial charge in [0.1, 0.15) is 11.9 Å². The quantitative estimate of drug-likeness (QED) is 0.475. The smallest absolute Gasteiger partial charge is 0.338 e. The zero-order valence-corrected chi connectivity index (χ0v) is 14.8. The van der Waals surface area contributed by atoms with Gasteiger partial charge in [-0.3, -0.25) is 0 Å². The fraction of sp³-hybridized carbons (Fsp3) is 0.136. The summed E-state index contributed by atoms with van der Waals surface area (Å²) in [5.74, 6) is -1.88. The van der Waals surface area contributed by atoms with Crippen molar-refractivity contribution < 1.29 is 29.6 Å². The molecule has 0 aliphatic carbocycles. The van der Waals surface area contributed by atoms with Crippen LogP contribution in [0, 0.1) is 0 Å². The van der Waals surface area contributed by atoms with Crippen molar-refractivity contribution in [3.8, 4) is 23.0 Å². The van der Waals surface area contributed by atoms with Crippen molar-refractivity contribution in [1.82, 2.24) is 0 Å². The molecule has 3 N–H and O–H groups in total. The number of esters is 1. The van der Waals surface area contributed by atoms with Gasteiger partial charge >= 0.3 is 5.97 Å². The van der Waals surface area contributed by atoms with Gasteiger partial charge in [0.15, 0.2) is 23.4 Å². The minimum Gasteiger partial charge on any atom is -0.504 e. The number of aromatic hydroxyl groups is 3. The van der Waals surface area contributed by atoms with E-state index in [4.69, 9.17) is 9.47 Å². The number of para-hydroxylation sites is 1. The molecule has 0 spiro atoms. The van der Waals surface area contributed by atoms with Gasteiger partial charge in [-0.05, 0) is 29.3 Å². The normalized spacial score (nSPS) is 18.0. The summed E-state index contributed by atoms with van der Waals surface area (Å²) >= 11 is 0. The van der Waals surface area contributed by atoms with Crippen molar-refractivity contribution in [3.63, 3.8) is 0 Å². The third kappa shape index (κ3) is 3.32. The zero-order valence-electron chi connectivity index (χ0n) is 14.8. The van der Waals surface area contributed by atoms with Gasteiger partial charge in [0.2, 0.25) is 0 Å². The Morgan fingerprint density at radius 1 is 0.929 bits per heavy atom. The van der Waals surface area contributed by atoms with E-state index in [1.807, 2.05) is 54.6 Å². The van der Waals surface area contributed by atoms with E-state index in [9.17, 15) is 20.1 Å². The van der Waals surface area contributed by atoms with E-state index in [0.29, 0.717) is 6.42 Å². The number of fused-ring (bicyclic) bond motifs is 1. The lowest BCUT2D eigenvalue weighted by Crippen LogP contribution is -2.34. The number of phenolic OH excluding ortho intramolecular Hbond substituents is 3. The monoisotopic (exact) mass is 378 g/mol. The van der Waals surface area contributed by atoms with Crippen LogP contribution in [-0.2, 0) is 11.2 Å². The summed E-state index contributed by atoms with van der Waals surface area (Å²) in [5.41, 5.74) is 1.72. The number of carbonyl (C=O) groups is 1. The summed E-state index contributed by atoms with van der Waals surface area (Å²) in [4.78, 5) is 12.6. The van der Waals surface area contributed by atoms with Gasteiger partial charge in [-0.2, -0.15) is 0 Å². The van der Waals surface area contributed by atoms with Gasteiger partial charge in [0.25, 0.3) is 0 Å². The van der Waals surface area contributed by atoms with Crippen molar-refractivity contribution in [3.05, 3.63) is 83.4 Å². The van der Waals surface area contributed by atoms with Gasteiger partial charge < -0.3 is 24.8 Å². The van der Waals surface area contributed by atoms with E-state index >= 15 is 0 Å². The van der Waals surface area contributed by atoms with E-state index in [1.54, 1.807) is 0 Å². The van der Waals surface area contributed by atoms with E-state index in [2.05, 4.69) is 0 Å². The number of ether oxygens (including phenoxy) is 2. The van der Waals surface area contributed by atoms with Crippen molar-refractivity contribution in [2.45, 2.75) is 18.6 Å². The molecule has 6 nitrogen and oxygen atoms in total. The molecular formula is C22H18O6. The topological polar surface area (TPSA) is 96.2 Å². The number of phenols is 3. The highest BCUT2D eigenvalue weighted by molar-refractivity contribution is 5.91. The second-order valence-electron chi connectivity index (χ2n) is 6.57. The summed E-state index contributed by atoms with van der Waals surface area (Å²) in [7, 11) is 0. The maximum absolute atomic E-state index is 12.6. The molecule has 0 amide bonds. The number of benzene rings is 3. The lowest BCUT2D eigenvalue weighted by atomic mass is 9.94. The summed E-state index contributed by atoms with van der Waals surface area (Å²) < 4.78 is 11.8. The second-order valence-corrected chi connectivity index (χ2v) is 6.57. The number of hydrogen-bond acceptors (Lipinski definition) is 6. The predicted molar refractivity (Wildman–Crippen MR) is 101 cm³/mol. The Labute approximate surface area is 161 Å². The number of carbonyl (C=O) groups excluding carboxylic acids is 1. The maximum atomic E-state index is 12.6. The number of rotatable bonds is 3. The fourth-order valence-electron chi connectivity index (χ4n) is 3.28. The molecule has 0 saturated heterocycles. The average molecular weight is 378 g/mol. The Morgan fingerprint density at radius 2 is 1.57 bits per heavy atom. The second kappa shape index (κ2) is 7.15. The Morgan fingerprint density at radius 3 is 2.29 bits per heavy atom. The summed E-state index contributed by atoms with van der Waals surface area (Å²) in [6.45, 7) is 0. The highest BCUT2D eigenvalue weighted by atomic mass is 16.6. The molecule has 4 rings (SSSR count). The third-order valence-electron chi connectivity index (χ3n) is 4.68. The Bertz CT molecular complexity index is 992. The Hall–Kier alpha value is -3.67. The lowest BCUT2D eigenvalue weighted by molar-refractivity contribution is -0.0183. The molecule has 0 aromatic heterocycles. The van der Waals surface area contributed by atoms with E-state index < -0.39 is 35.4 Å². The zero-order chi connectivity index (χ0) is 19.7. The molecule has 0 unspecified atom stereocenters. The molecule has 1 aliphatic rings. The molecule has 0 saturated carbocycles. The van der Waals surface area contributed by atoms with Crippen LogP contribution in [0.1, 0.15) is 27.6 Å². The van der Waals surface area contributed by atoms with Crippen LogP contribution in [0.4, 0.5) is 0 Å². The predicted octanol–water partition coefficient (Wildman–Crippen LogP) is 3.71. The van der Waals surface area contributed by atoms with Crippen molar-refractivity contribution >= 4 is 5.97 Å². The van der Waals surface area contributed by atoms with Crippen molar-refractivity contribution in [2.75, 3.05) is 0 Å². The third-order valence-corrected chi connectivity index (χ3v) is 4.68. The lowest BCUT2D eigenvalue weighted by Gasteiger charge is -2.33. The summed E-state index contributed by atoms with van der Waals surface area (Å²) in [5, 5.41) is 28.8. The first-order chi connectivity index (χ1) is 13.5. The van der Waals surface area contributed by atoms with Crippen molar-refractivity contribution in [1.29, 1.82) is 0 Å². The molecule has 0 bridgehead atoms. The number of hydrogen-bond donors (Lipinski definition) is 3. The Kier molecular flexibility index (Phi) is 4.53. The molecule has 0 radical (unpaired) electrons. The minimum atomic E-state index is -0.737. The van der Waals surface area contributed by atoms with Crippen LogP contribution in [0.2, 0.25) is 0 Å². The van der Waals surface area contributed by atoms with E-state index in [0.717, 1.165) is 29.0 Å². The molecular weight excluding hydrogens is 360 g/mol. The van der Waals surface area contributed by atoms with Gasteiger partial charge in [0.05, 0.1) is 5.56 Å². The molecule has 1 heterocycles. The van der Waals surface area contributed by atoms with Gasteiger partial charge in [-0.25, -0.2) is 4.79 Å². The van der Waals surface area contributed by atoms with E-state index in [-0.39, 0.29) is 5.56 Å². The van der Waals surface area contributed by atoms with Crippen LogP contribution >= 0.6 is 0 Å². The van der Waals surface area contributed by atoms with Crippen molar-refractivity contribution in [2.24, 2.45) is 0 Å². The molecule has 3 aromatic rings. The average Bonchev–Trinajstić information content (AvgIpc) is 2.71. The molecule has 142 valence electrons. The van der Waals surface area contributed by atoms with Crippen LogP contribution in [0.5, 0.6) is 23.0 Å². The van der Waals surface area contributed by atoms with Gasteiger partial charge in [-0.15, -0.1) is 0 Å². The molecule has 1 aliphatic heterocycles. The van der Waals surface area contributed by atoms with E-state index in [1.165, 1.54) is 0 Å². The molecule has 28 heavy (non-hydrogen) atoms. The van der Waals surface area contributed by atoms with Gasteiger partial charge in [0, 0.05) is 6.42 Å². The van der Waals surface area contributed by atoms with Crippen LogP contribution in [-0.4, -0.2) is 27.4 Å².